The number of nitrogens with zero attached hydrogens (tertiary/aromatic N) is 2. The van der Waals surface area contributed by atoms with Gasteiger partial charge in [0.15, 0.2) is 5.76 Å². The van der Waals surface area contributed by atoms with Gasteiger partial charge in [0.1, 0.15) is 0 Å². The van der Waals surface area contributed by atoms with Crippen molar-refractivity contribution in [1.29, 1.82) is 0 Å². The van der Waals surface area contributed by atoms with E-state index >= 15 is 0 Å². The van der Waals surface area contributed by atoms with Crippen LogP contribution in [0.15, 0.2) is 21.6 Å². The van der Waals surface area contributed by atoms with Gasteiger partial charge in [-0.2, -0.15) is 4.31 Å². The lowest BCUT2D eigenvalue weighted by atomic mass is 10.0. The number of furan rings is 1. The van der Waals surface area contributed by atoms with Crippen LogP contribution in [-0.2, 0) is 14.8 Å². The molecule has 1 fully saturated rings. The maximum Gasteiger partial charge on any atom is 0.284 e. The molecule has 0 aliphatic carbocycles. The van der Waals surface area contributed by atoms with Crippen molar-refractivity contribution in [2.24, 2.45) is 17.4 Å². The molecule has 2 heterocycles. The van der Waals surface area contributed by atoms with E-state index in [2.05, 4.69) is 0 Å². The molecule has 26 heavy (non-hydrogen) atoms. The summed E-state index contributed by atoms with van der Waals surface area (Å²) in [7, 11) is -3.87. The van der Waals surface area contributed by atoms with Crippen LogP contribution in [0.1, 0.15) is 30.8 Å². The predicted octanol–water partition coefficient (Wildman–Crippen LogP) is 0.00660. The molecular formula is C15H25ClN4O5S. The van der Waals surface area contributed by atoms with Gasteiger partial charge < -0.3 is 20.8 Å². The van der Waals surface area contributed by atoms with E-state index in [9.17, 15) is 18.0 Å². The largest absolute Gasteiger partial charge is 0.438 e. The Hall–Kier alpha value is -1.62. The maximum atomic E-state index is 12.5. The molecule has 2 rings (SSSR count). The van der Waals surface area contributed by atoms with Gasteiger partial charge in [-0.05, 0) is 24.5 Å². The highest BCUT2D eigenvalue weighted by Gasteiger charge is 2.33. The zero-order chi connectivity index (χ0) is 18.8. The Morgan fingerprint density at radius 3 is 2.23 bits per heavy atom. The molecule has 0 spiro atoms. The SMILES string of the molecule is CC(C)C[C@H](N)C(=O)N1CCN(S(=O)(=O)c2ccc(C(N)=O)o2)CC1.Cl. The molecule has 0 aromatic carbocycles. The van der Waals surface area contributed by atoms with Gasteiger partial charge in [0.25, 0.3) is 15.9 Å². The number of hydrogen-bond acceptors (Lipinski definition) is 6. The van der Waals surface area contributed by atoms with Crippen molar-refractivity contribution < 1.29 is 22.4 Å². The Morgan fingerprint density at radius 1 is 1.19 bits per heavy atom. The van der Waals surface area contributed by atoms with Gasteiger partial charge in [-0.15, -0.1) is 12.4 Å². The zero-order valence-electron chi connectivity index (χ0n) is 14.8. The van der Waals surface area contributed by atoms with E-state index in [-0.39, 0.29) is 55.3 Å². The van der Waals surface area contributed by atoms with Crippen LogP contribution in [0, 0.1) is 5.92 Å². The number of amides is 2. The van der Waals surface area contributed by atoms with E-state index in [1.807, 2.05) is 13.8 Å². The van der Waals surface area contributed by atoms with Gasteiger partial charge in [-0.3, -0.25) is 9.59 Å². The third-order valence-electron chi connectivity index (χ3n) is 4.01. The molecule has 1 aromatic rings. The summed E-state index contributed by atoms with van der Waals surface area (Å²) in [6.45, 7) is 4.76. The topological polar surface area (TPSA) is 140 Å². The van der Waals surface area contributed by atoms with Crippen LogP contribution < -0.4 is 11.5 Å². The third kappa shape index (κ3) is 4.97. The quantitative estimate of drug-likeness (QED) is 0.679. The molecule has 0 radical (unpaired) electrons. The number of halogens is 1. The molecule has 2 amide bonds. The molecule has 1 saturated heterocycles. The standard InChI is InChI=1S/C15H24N4O5S.ClH/c1-10(2)9-11(16)15(21)18-5-7-19(8-6-18)25(22,23)13-4-3-12(24-13)14(17)20;/h3-4,10-11H,5-9,16H2,1-2H3,(H2,17,20);1H/t11-;/m0./s1. The molecule has 1 aliphatic rings. The van der Waals surface area contributed by atoms with Crippen LogP contribution in [0.3, 0.4) is 0 Å². The molecule has 11 heteroatoms. The number of nitrogens with two attached hydrogens (primary N) is 2. The van der Waals surface area contributed by atoms with E-state index in [4.69, 9.17) is 15.9 Å². The van der Waals surface area contributed by atoms with Crippen molar-refractivity contribution in [2.75, 3.05) is 26.2 Å². The van der Waals surface area contributed by atoms with E-state index in [1.54, 1.807) is 4.90 Å². The first-order chi connectivity index (χ1) is 11.6. The molecule has 0 bridgehead atoms. The Labute approximate surface area is 159 Å². The fourth-order valence-corrected chi connectivity index (χ4v) is 4.04. The second-order valence-corrected chi connectivity index (χ2v) is 8.32. The molecule has 0 unspecified atom stereocenters. The molecule has 1 aromatic heterocycles. The minimum Gasteiger partial charge on any atom is -0.438 e. The van der Waals surface area contributed by atoms with E-state index in [1.165, 1.54) is 16.4 Å². The minimum atomic E-state index is -3.87. The van der Waals surface area contributed by atoms with Crippen molar-refractivity contribution >= 4 is 34.2 Å². The highest BCUT2D eigenvalue weighted by atomic mass is 35.5. The Balaban J connectivity index is 0.00000338. The van der Waals surface area contributed by atoms with E-state index in [0.29, 0.717) is 12.3 Å². The first-order valence-electron chi connectivity index (χ1n) is 8.07. The zero-order valence-corrected chi connectivity index (χ0v) is 16.4. The number of piperazine rings is 1. The van der Waals surface area contributed by atoms with Crippen molar-refractivity contribution in [3.63, 3.8) is 0 Å². The number of hydrogen-bond donors (Lipinski definition) is 2. The summed E-state index contributed by atoms with van der Waals surface area (Å²) in [6, 6.07) is 1.84. The molecular weight excluding hydrogens is 384 g/mol. The second-order valence-electron chi connectivity index (χ2n) is 6.45. The van der Waals surface area contributed by atoms with Gasteiger partial charge in [0, 0.05) is 26.2 Å². The fourth-order valence-electron chi connectivity index (χ4n) is 2.71. The van der Waals surface area contributed by atoms with Gasteiger partial charge in [-0.25, -0.2) is 8.42 Å². The predicted molar refractivity (Wildman–Crippen MR) is 97.2 cm³/mol. The smallest absolute Gasteiger partial charge is 0.284 e. The highest BCUT2D eigenvalue weighted by Crippen LogP contribution is 2.20. The van der Waals surface area contributed by atoms with Crippen LogP contribution in [0.2, 0.25) is 0 Å². The van der Waals surface area contributed by atoms with Crippen LogP contribution in [0.5, 0.6) is 0 Å². The van der Waals surface area contributed by atoms with Crippen molar-refractivity contribution in [2.45, 2.75) is 31.4 Å². The van der Waals surface area contributed by atoms with Gasteiger partial charge in [0.2, 0.25) is 11.0 Å². The average Bonchev–Trinajstić information content (AvgIpc) is 3.04. The van der Waals surface area contributed by atoms with Crippen LogP contribution in [0.25, 0.3) is 0 Å². The van der Waals surface area contributed by atoms with Crippen molar-refractivity contribution in [1.82, 2.24) is 9.21 Å². The summed E-state index contributed by atoms with van der Waals surface area (Å²) in [5.74, 6) is -0.915. The van der Waals surface area contributed by atoms with Crippen molar-refractivity contribution in [3.8, 4) is 0 Å². The number of carbonyl (C=O) groups is 2. The average molecular weight is 409 g/mol. The molecule has 1 atom stereocenters. The number of primary amides is 1. The van der Waals surface area contributed by atoms with Crippen LogP contribution >= 0.6 is 12.4 Å². The summed E-state index contributed by atoms with van der Waals surface area (Å²) >= 11 is 0. The number of sulfonamides is 1. The Bertz CT molecular complexity index is 741. The molecule has 9 nitrogen and oxygen atoms in total. The Kier molecular flexibility index (Phi) is 7.63. The second kappa shape index (κ2) is 8.85. The van der Waals surface area contributed by atoms with Crippen LogP contribution in [-0.4, -0.2) is 61.7 Å². The first kappa shape index (κ1) is 22.4. The van der Waals surface area contributed by atoms with Gasteiger partial charge in [0.05, 0.1) is 6.04 Å². The number of rotatable bonds is 6. The molecule has 148 valence electrons. The summed E-state index contributed by atoms with van der Waals surface area (Å²) in [6.07, 6.45) is 0.583. The van der Waals surface area contributed by atoms with Crippen LogP contribution in [0.4, 0.5) is 0 Å². The lowest BCUT2D eigenvalue weighted by molar-refractivity contribution is -0.134. The lowest BCUT2D eigenvalue weighted by Gasteiger charge is -2.34. The minimum absolute atomic E-state index is 0. The summed E-state index contributed by atoms with van der Waals surface area (Å²) < 4.78 is 31.3. The van der Waals surface area contributed by atoms with E-state index in [0.717, 1.165) is 0 Å². The Morgan fingerprint density at radius 2 is 1.77 bits per heavy atom. The first-order valence-corrected chi connectivity index (χ1v) is 9.51. The molecule has 0 saturated carbocycles. The highest BCUT2D eigenvalue weighted by molar-refractivity contribution is 7.89. The fraction of sp³-hybridized carbons (Fsp3) is 0.600. The maximum absolute atomic E-state index is 12.5. The molecule has 1 aliphatic heterocycles. The summed E-state index contributed by atoms with van der Waals surface area (Å²) in [4.78, 5) is 24.9. The molecule has 4 N–H and O–H groups in total. The van der Waals surface area contributed by atoms with Gasteiger partial charge >= 0.3 is 0 Å². The number of carbonyl (C=O) groups excluding carboxylic acids is 2. The summed E-state index contributed by atoms with van der Waals surface area (Å²) in [5, 5.41) is -0.336. The lowest BCUT2D eigenvalue weighted by Crippen LogP contribution is -2.54. The van der Waals surface area contributed by atoms with Crippen molar-refractivity contribution in [3.05, 3.63) is 17.9 Å². The van der Waals surface area contributed by atoms with Gasteiger partial charge in [-0.1, -0.05) is 13.8 Å². The monoisotopic (exact) mass is 408 g/mol. The normalized spacial score (nSPS) is 17.0. The third-order valence-corrected chi connectivity index (χ3v) is 5.78. The summed E-state index contributed by atoms with van der Waals surface area (Å²) in [5.41, 5.74) is 11.0. The van der Waals surface area contributed by atoms with E-state index < -0.39 is 22.0 Å².